The number of aromatic amines is 1. The highest BCUT2D eigenvalue weighted by molar-refractivity contribution is 5.93. The van der Waals surface area contributed by atoms with Gasteiger partial charge in [-0.3, -0.25) is 9.78 Å². The van der Waals surface area contributed by atoms with Crippen LogP contribution in [0, 0.1) is 0 Å². The van der Waals surface area contributed by atoms with Crippen LogP contribution in [0.5, 0.6) is 0 Å². The third-order valence-electron chi connectivity index (χ3n) is 3.51. The van der Waals surface area contributed by atoms with Crippen LogP contribution in [0.15, 0.2) is 55.0 Å². The molecule has 4 rings (SSSR count). The van der Waals surface area contributed by atoms with E-state index in [-0.39, 0.29) is 0 Å². The van der Waals surface area contributed by atoms with E-state index >= 15 is 0 Å². The number of fused-ring (bicyclic) bond motifs is 1. The quantitative estimate of drug-likeness (QED) is 0.611. The van der Waals surface area contributed by atoms with E-state index in [9.17, 15) is 0 Å². The van der Waals surface area contributed by atoms with Gasteiger partial charge in [0.1, 0.15) is 0 Å². The molecule has 4 aromatic rings. The Morgan fingerprint density at radius 1 is 1.00 bits per heavy atom. The third-order valence-corrected chi connectivity index (χ3v) is 3.51. The minimum Gasteiger partial charge on any atom is -0.275 e. The zero-order valence-corrected chi connectivity index (χ0v) is 11.5. The van der Waals surface area contributed by atoms with Gasteiger partial charge in [0, 0.05) is 36.0 Å². The molecule has 1 N–H and O–H groups in total. The van der Waals surface area contributed by atoms with Crippen molar-refractivity contribution in [3.63, 3.8) is 0 Å². The Balaban J connectivity index is 1.90. The first-order chi connectivity index (χ1) is 10.3. The molecule has 21 heavy (non-hydrogen) atoms. The molecule has 0 radical (unpaired) electrons. The van der Waals surface area contributed by atoms with Gasteiger partial charge in [-0.15, -0.1) is 0 Å². The fourth-order valence-electron chi connectivity index (χ4n) is 2.46. The minimum atomic E-state index is 0.716. The van der Waals surface area contributed by atoms with Crippen LogP contribution in [-0.2, 0) is 7.05 Å². The Labute approximate surface area is 121 Å². The number of pyridine rings is 1. The van der Waals surface area contributed by atoms with Crippen molar-refractivity contribution in [1.29, 1.82) is 0 Å². The average Bonchev–Trinajstić information content (AvgIpc) is 3.13. The van der Waals surface area contributed by atoms with Crippen LogP contribution in [0.2, 0.25) is 0 Å². The van der Waals surface area contributed by atoms with Crippen LogP contribution < -0.4 is 0 Å². The lowest BCUT2D eigenvalue weighted by atomic mass is 10.1. The fourth-order valence-corrected chi connectivity index (χ4v) is 2.46. The summed E-state index contributed by atoms with van der Waals surface area (Å²) in [5.41, 5.74) is 4.89. The van der Waals surface area contributed by atoms with Gasteiger partial charge in [-0.05, 0) is 11.6 Å². The highest BCUT2D eigenvalue weighted by atomic mass is 15.2. The van der Waals surface area contributed by atoms with Gasteiger partial charge < -0.3 is 0 Å². The Morgan fingerprint density at radius 2 is 1.86 bits per heavy atom. The first-order valence-electron chi connectivity index (χ1n) is 6.70. The van der Waals surface area contributed by atoms with E-state index in [4.69, 9.17) is 0 Å². The standard InChI is InChI=1S/C16H13N5/c1-21-10-13(9-18-21)15-14-7-12(8-17-16(14)20-19-15)11-5-3-2-4-6-11/h2-10H,1H3,(H,17,19,20). The number of rotatable bonds is 2. The largest absolute Gasteiger partial charge is 0.275 e. The summed E-state index contributed by atoms with van der Waals surface area (Å²) in [7, 11) is 1.90. The smallest absolute Gasteiger partial charge is 0.181 e. The van der Waals surface area contributed by atoms with E-state index in [2.05, 4.69) is 38.5 Å². The lowest BCUT2D eigenvalue weighted by Crippen LogP contribution is -1.84. The molecule has 3 aromatic heterocycles. The molecule has 0 aliphatic heterocycles. The zero-order valence-electron chi connectivity index (χ0n) is 11.5. The molecule has 0 saturated heterocycles. The summed E-state index contributed by atoms with van der Waals surface area (Å²) < 4.78 is 1.77. The lowest BCUT2D eigenvalue weighted by molar-refractivity contribution is 0.768. The molecule has 0 bridgehead atoms. The van der Waals surface area contributed by atoms with Gasteiger partial charge in [-0.1, -0.05) is 30.3 Å². The van der Waals surface area contributed by atoms with E-state index in [0.717, 1.165) is 27.8 Å². The Morgan fingerprint density at radius 3 is 2.62 bits per heavy atom. The van der Waals surface area contributed by atoms with Gasteiger partial charge in [-0.25, -0.2) is 4.98 Å². The highest BCUT2D eigenvalue weighted by Gasteiger charge is 2.11. The molecule has 0 fully saturated rings. The van der Waals surface area contributed by atoms with Crippen molar-refractivity contribution in [1.82, 2.24) is 25.0 Å². The summed E-state index contributed by atoms with van der Waals surface area (Å²) in [5.74, 6) is 0. The first-order valence-corrected chi connectivity index (χ1v) is 6.70. The topological polar surface area (TPSA) is 59.4 Å². The molecule has 0 atom stereocenters. The molecule has 0 aliphatic carbocycles. The van der Waals surface area contributed by atoms with E-state index in [1.54, 1.807) is 4.68 Å². The second kappa shape index (κ2) is 4.56. The normalized spacial score (nSPS) is 11.1. The van der Waals surface area contributed by atoms with Gasteiger partial charge in [0.25, 0.3) is 0 Å². The first kappa shape index (κ1) is 11.8. The Hall–Kier alpha value is -2.95. The second-order valence-electron chi connectivity index (χ2n) is 4.96. The molecule has 1 aromatic carbocycles. The summed E-state index contributed by atoms with van der Waals surface area (Å²) in [6.45, 7) is 0. The molecule has 0 saturated carbocycles. The van der Waals surface area contributed by atoms with Crippen molar-refractivity contribution >= 4 is 11.0 Å². The highest BCUT2D eigenvalue weighted by Crippen LogP contribution is 2.28. The van der Waals surface area contributed by atoms with Gasteiger partial charge >= 0.3 is 0 Å². The molecule has 0 unspecified atom stereocenters. The van der Waals surface area contributed by atoms with Crippen molar-refractivity contribution in [3.8, 4) is 22.4 Å². The number of nitrogens with one attached hydrogen (secondary N) is 1. The molecule has 0 aliphatic rings. The van der Waals surface area contributed by atoms with E-state index < -0.39 is 0 Å². The van der Waals surface area contributed by atoms with Crippen LogP contribution in [-0.4, -0.2) is 25.0 Å². The number of hydrogen-bond acceptors (Lipinski definition) is 3. The van der Waals surface area contributed by atoms with Crippen molar-refractivity contribution in [3.05, 3.63) is 55.0 Å². The Kier molecular flexibility index (Phi) is 2.57. The summed E-state index contributed by atoms with van der Waals surface area (Å²) >= 11 is 0. The number of aryl methyl sites for hydroxylation is 1. The van der Waals surface area contributed by atoms with Gasteiger partial charge in [0.15, 0.2) is 5.65 Å². The third kappa shape index (κ3) is 1.99. The Bertz CT molecular complexity index is 905. The molecule has 5 heteroatoms. The van der Waals surface area contributed by atoms with Crippen LogP contribution in [0.25, 0.3) is 33.4 Å². The second-order valence-corrected chi connectivity index (χ2v) is 4.96. The predicted molar refractivity (Wildman–Crippen MR) is 81.5 cm³/mol. The molecular weight excluding hydrogens is 262 g/mol. The van der Waals surface area contributed by atoms with Crippen LogP contribution in [0.4, 0.5) is 0 Å². The van der Waals surface area contributed by atoms with Crippen LogP contribution in [0.1, 0.15) is 0 Å². The van der Waals surface area contributed by atoms with E-state index in [1.807, 2.05) is 43.8 Å². The van der Waals surface area contributed by atoms with Crippen molar-refractivity contribution < 1.29 is 0 Å². The molecule has 0 amide bonds. The monoisotopic (exact) mass is 275 g/mol. The fraction of sp³-hybridized carbons (Fsp3) is 0.0625. The summed E-state index contributed by atoms with van der Waals surface area (Å²) in [6, 6.07) is 12.3. The summed E-state index contributed by atoms with van der Waals surface area (Å²) in [4.78, 5) is 4.44. The molecule has 102 valence electrons. The average molecular weight is 275 g/mol. The van der Waals surface area contributed by atoms with E-state index in [1.165, 1.54) is 0 Å². The van der Waals surface area contributed by atoms with E-state index in [0.29, 0.717) is 5.65 Å². The lowest BCUT2D eigenvalue weighted by Gasteiger charge is -2.01. The molecule has 0 spiro atoms. The maximum Gasteiger partial charge on any atom is 0.181 e. The number of aromatic nitrogens is 5. The predicted octanol–water partition coefficient (Wildman–Crippen LogP) is 3.03. The summed E-state index contributed by atoms with van der Waals surface area (Å²) in [5, 5.41) is 12.5. The van der Waals surface area contributed by atoms with Crippen molar-refractivity contribution in [2.75, 3.05) is 0 Å². The SMILES string of the molecule is Cn1cc(-c2[nH]nc3ncc(-c4ccccc4)cc23)cn1. The van der Waals surface area contributed by atoms with Gasteiger partial charge in [-0.2, -0.15) is 10.2 Å². The van der Waals surface area contributed by atoms with Crippen molar-refractivity contribution in [2.45, 2.75) is 0 Å². The van der Waals surface area contributed by atoms with Crippen molar-refractivity contribution in [2.24, 2.45) is 7.05 Å². The number of nitrogens with zero attached hydrogens (tertiary/aromatic N) is 4. The van der Waals surface area contributed by atoms with Gasteiger partial charge in [0.2, 0.25) is 0 Å². The minimum absolute atomic E-state index is 0.716. The maximum atomic E-state index is 4.44. The molecular formula is C16H13N5. The molecule has 5 nitrogen and oxygen atoms in total. The van der Waals surface area contributed by atoms with Crippen LogP contribution in [0.3, 0.4) is 0 Å². The number of benzene rings is 1. The number of H-pyrrole nitrogens is 1. The molecule has 3 heterocycles. The van der Waals surface area contributed by atoms with Crippen LogP contribution >= 0.6 is 0 Å². The van der Waals surface area contributed by atoms with Gasteiger partial charge in [0.05, 0.1) is 11.9 Å². The zero-order chi connectivity index (χ0) is 14.2. The number of hydrogen-bond donors (Lipinski definition) is 1. The summed E-state index contributed by atoms with van der Waals surface area (Å²) in [6.07, 6.45) is 5.63. The maximum absolute atomic E-state index is 4.44.